The van der Waals surface area contributed by atoms with Crippen LogP contribution in [0.15, 0.2) is 48.8 Å². The Morgan fingerprint density at radius 1 is 1.13 bits per heavy atom. The Bertz CT molecular complexity index is 873. The molecule has 4 rings (SSSR count). The third-order valence-electron chi connectivity index (χ3n) is 4.77. The van der Waals surface area contributed by atoms with E-state index in [1.165, 1.54) is 28.7 Å². The van der Waals surface area contributed by atoms with Crippen molar-refractivity contribution in [1.82, 2.24) is 9.55 Å². The van der Waals surface area contributed by atoms with Crippen LogP contribution in [0.1, 0.15) is 16.8 Å². The second-order valence-corrected chi connectivity index (χ2v) is 6.98. The highest BCUT2D eigenvalue weighted by Crippen LogP contribution is 2.32. The van der Waals surface area contributed by atoms with E-state index in [2.05, 4.69) is 66.3 Å². The van der Waals surface area contributed by atoms with Gasteiger partial charge in [-0.05, 0) is 23.8 Å². The van der Waals surface area contributed by atoms with Crippen molar-refractivity contribution in [2.75, 3.05) is 20.6 Å². The van der Waals surface area contributed by atoms with Crippen molar-refractivity contribution in [2.45, 2.75) is 13.0 Å². The summed E-state index contributed by atoms with van der Waals surface area (Å²) in [6.07, 6.45) is 9.17. The topological polar surface area (TPSA) is 17.8 Å². The van der Waals surface area contributed by atoms with Crippen LogP contribution in [0, 0.1) is 0 Å². The summed E-state index contributed by atoms with van der Waals surface area (Å²) in [6, 6.07) is 12.8. The van der Waals surface area contributed by atoms with Gasteiger partial charge in [0.05, 0.1) is 26.2 Å². The van der Waals surface area contributed by atoms with Gasteiger partial charge in [0, 0.05) is 41.7 Å². The lowest BCUT2D eigenvalue weighted by atomic mass is 10.0. The summed E-state index contributed by atoms with van der Waals surface area (Å²) in [4.78, 5) is 4.19. The normalized spacial score (nSPS) is 16.8. The van der Waals surface area contributed by atoms with Gasteiger partial charge in [-0.3, -0.25) is 4.98 Å². The predicted molar refractivity (Wildman–Crippen MR) is 95.8 cm³/mol. The molecule has 116 valence electrons. The Labute approximate surface area is 137 Å². The lowest BCUT2D eigenvalue weighted by Gasteiger charge is -2.34. The largest absolute Gasteiger partial charge is 0.324 e. The van der Waals surface area contributed by atoms with Crippen LogP contribution in [-0.2, 0) is 13.0 Å². The molecule has 0 saturated heterocycles. The zero-order chi connectivity index (χ0) is 15.9. The minimum absolute atomic E-state index is 1.06. The molecule has 1 aromatic carbocycles. The van der Waals surface area contributed by atoms with Gasteiger partial charge >= 0.3 is 0 Å². The molecule has 0 saturated carbocycles. The average molecular weight is 304 g/mol. The molecule has 3 aromatic rings. The molecule has 3 heterocycles. The monoisotopic (exact) mass is 304 g/mol. The third kappa shape index (κ3) is 2.57. The van der Waals surface area contributed by atoms with Crippen molar-refractivity contribution in [2.24, 2.45) is 0 Å². The molecule has 0 bridgehead atoms. The van der Waals surface area contributed by atoms with Gasteiger partial charge in [0.15, 0.2) is 0 Å². The lowest BCUT2D eigenvalue weighted by Crippen LogP contribution is -2.43. The van der Waals surface area contributed by atoms with E-state index in [4.69, 9.17) is 0 Å². The first kappa shape index (κ1) is 14.2. The summed E-state index contributed by atoms with van der Waals surface area (Å²) in [7, 11) is 4.64. The Balaban J connectivity index is 1.86. The molecule has 1 aliphatic heterocycles. The molecule has 0 unspecified atom stereocenters. The Hall–Kier alpha value is -2.39. The molecule has 0 radical (unpaired) electrons. The fourth-order valence-electron chi connectivity index (χ4n) is 3.55. The molecule has 0 atom stereocenters. The molecule has 0 aliphatic carbocycles. The van der Waals surface area contributed by atoms with E-state index in [1.54, 1.807) is 0 Å². The van der Waals surface area contributed by atoms with Crippen LogP contribution >= 0.6 is 0 Å². The van der Waals surface area contributed by atoms with Crippen LogP contribution < -0.4 is 0 Å². The van der Waals surface area contributed by atoms with E-state index < -0.39 is 0 Å². The first-order valence-electron chi connectivity index (χ1n) is 8.15. The van der Waals surface area contributed by atoms with Gasteiger partial charge in [-0.15, -0.1) is 0 Å². The molecule has 0 amide bonds. The summed E-state index contributed by atoms with van der Waals surface area (Å²) >= 11 is 0. The van der Waals surface area contributed by atoms with E-state index in [9.17, 15) is 0 Å². The Kier molecular flexibility index (Phi) is 3.31. The van der Waals surface area contributed by atoms with Crippen molar-refractivity contribution >= 4 is 23.2 Å². The number of quaternary nitrogens is 1. The highest BCUT2D eigenvalue weighted by atomic mass is 15.3. The highest BCUT2D eigenvalue weighted by Gasteiger charge is 2.29. The Morgan fingerprint density at radius 2 is 2.00 bits per heavy atom. The second kappa shape index (κ2) is 5.36. The van der Waals surface area contributed by atoms with Crippen LogP contribution in [0.4, 0.5) is 0 Å². The number of pyridine rings is 1. The Morgan fingerprint density at radius 3 is 2.83 bits per heavy atom. The quantitative estimate of drug-likeness (QED) is 0.659. The highest BCUT2D eigenvalue weighted by molar-refractivity contribution is 5.88. The predicted octanol–water partition coefficient (Wildman–Crippen LogP) is 3.80. The van der Waals surface area contributed by atoms with Crippen LogP contribution in [-0.4, -0.2) is 34.7 Å². The number of rotatable bonds is 2. The maximum Gasteiger partial charge on any atom is 0.106 e. The summed E-state index contributed by atoms with van der Waals surface area (Å²) in [6.45, 7) is 2.29. The summed E-state index contributed by atoms with van der Waals surface area (Å²) in [5, 5.41) is 1.39. The van der Waals surface area contributed by atoms with Crippen molar-refractivity contribution in [3.05, 3.63) is 65.6 Å². The van der Waals surface area contributed by atoms with Crippen molar-refractivity contribution in [3.8, 4) is 0 Å². The smallest absolute Gasteiger partial charge is 0.106 e. The molecule has 0 N–H and O–H groups in total. The number of likely N-dealkylation sites (N-methyl/N-ethyl adjacent to an activating group) is 1. The molecule has 3 nitrogen and oxygen atoms in total. The molecule has 23 heavy (non-hydrogen) atoms. The van der Waals surface area contributed by atoms with Gasteiger partial charge in [-0.25, -0.2) is 0 Å². The summed E-state index contributed by atoms with van der Waals surface area (Å²) in [5.41, 5.74) is 5.40. The molecule has 0 spiro atoms. The summed E-state index contributed by atoms with van der Waals surface area (Å²) in [5.74, 6) is 0. The number of hydrogen-bond donors (Lipinski definition) is 0. The minimum Gasteiger partial charge on any atom is -0.324 e. The van der Waals surface area contributed by atoms with Gasteiger partial charge in [0.25, 0.3) is 0 Å². The van der Waals surface area contributed by atoms with Gasteiger partial charge in [0.2, 0.25) is 0 Å². The first-order chi connectivity index (χ1) is 11.1. The van der Waals surface area contributed by atoms with Gasteiger partial charge in [-0.1, -0.05) is 24.3 Å². The number of para-hydroxylation sites is 1. The van der Waals surface area contributed by atoms with Gasteiger partial charge < -0.3 is 9.05 Å². The fraction of sp³-hybridized carbons (Fsp3) is 0.250. The van der Waals surface area contributed by atoms with Crippen molar-refractivity contribution in [1.29, 1.82) is 0 Å². The third-order valence-corrected chi connectivity index (χ3v) is 4.77. The van der Waals surface area contributed by atoms with Crippen LogP contribution in [0.2, 0.25) is 0 Å². The molecule has 3 heteroatoms. The van der Waals surface area contributed by atoms with E-state index in [-0.39, 0.29) is 0 Å². The molecule has 0 fully saturated rings. The standard InChI is InChI=1S/C20H22N3/c1-23(2)13-10-20-18(15-23)17-7-3-4-8-19(17)22(20)12-9-16-6-5-11-21-14-16/h3-9,11-12,14H,10,13,15H2,1-2H3/q+1/b12-9-. The second-order valence-electron chi connectivity index (χ2n) is 6.98. The number of fused-ring (bicyclic) bond motifs is 3. The maximum absolute atomic E-state index is 4.19. The van der Waals surface area contributed by atoms with E-state index in [0.717, 1.165) is 23.0 Å². The van der Waals surface area contributed by atoms with Crippen LogP contribution in [0.5, 0.6) is 0 Å². The van der Waals surface area contributed by atoms with E-state index in [1.807, 2.05) is 18.5 Å². The van der Waals surface area contributed by atoms with Gasteiger partial charge in [0.1, 0.15) is 6.54 Å². The van der Waals surface area contributed by atoms with Crippen LogP contribution in [0.25, 0.3) is 23.2 Å². The van der Waals surface area contributed by atoms with E-state index in [0.29, 0.717) is 0 Å². The first-order valence-corrected chi connectivity index (χ1v) is 8.15. The number of hydrogen-bond acceptors (Lipinski definition) is 1. The average Bonchev–Trinajstić information content (AvgIpc) is 2.86. The zero-order valence-corrected chi connectivity index (χ0v) is 13.7. The van der Waals surface area contributed by atoms with Gasteiger partial charge in [-0.2, -0.15) is 0 Å². The van der Waals surface area contributed by atoms with Crippen molar-refractivity contribution < 1.29 is 4.48 Å². The lowest BCUT2D eigenvalue weighted by molar-refractivity contribution is -0.905. The summed E-state index contributed by atoms with van der Waals surface area (Å²) < 4.78 is 3.43. The van der Waals surface area contributed by atoms with E-state index >= 15 is 0 Å². The van der Waals surface area contributed by atoms with Crippen molar-refractivity contribution in [3.63, 3.8) is 0 Å². The number of nitrogens with zero attached hydrogens (tertiary/aromatic N) is 3. The zero-order valence-electron chi connectivity index (χ0n) is 13.7. The SMILES string of the molecule is C[N+]1(C)CCc2c(c3ccccc3n2/C=C\c2cccnc2)C1. The number of aromatic nitrogens is 2. The minimum atomic E-state index is 1.06. The van der Waals surface area contributed by atoms with Crippen LogP contribution in [0.3, 0.4) is 0 Å². The maximum atomic E-state index is 4.19. The fourth-order valence-corrected chi connectivity index (χ4v) is 3.55. The molecular formula is C20H22N3+. The molecule has 1 aliphatic rings. The number of benzene rings is 1. The molecule has 2 aromatic heterocycles. The molecular weight excluding hydrogens is 282 g/mol.